The molecule has 6 heteroatoms. The predicted molar refractivity (Wildman–Crippen MR) is 65.4 cm³/mol. The molecule has 0 spiro atoms. The van der Waals surface area contributed by atoms with Crippen molar-refractivity contribution in [2.45, 2.75) is 5.41 Å². The van der Waals surface area contributed by atoms with Crippen LogP contribution in [0.25, 0.3) is 0 Å². The Balaban J connectivity index is 2.05. The first-order chi connectivity index (χ1) is 8.11. The molecule has 3 heterocycles. The lowest BCUT2D eigenvalue weighted by molar-refractivity contribution is -0.235. The van der Waals surface area contributed by atoms with Crippen LogP contribution in [-0.2, 0) is 19.7 Å². The third-order valence-electron chi connectivity index (χ3n) is 3.76. The van der Waals surface area contributed by atoms with E-state index < -0.39 is 16.8 Å². The number of aliphatic carboxylic acids is 1. The summed E-state index contributed by atoms with van der Waals surface area (Å²) in [6.45, 7) is 1.49. The van der Waals surface area contributed by atoms with Crippen LogP contribution in [0.15, 0.2) is 15.9 Å². The van der Waals surface area contributed by atoms with Crippen LogP contribution >= 0.6 is 27.3 Å². The van der Waals surface area contributed by atoms with Crippen LogP contribution in [0, 0.1) is 5.41 Å². The highest BCUT2D eigenvalue weighted by atomic mass is 79.9. The molecule has 2 aliphatic heterocycles. The minimum atomic E-state index is -0.810. The van der Waals surface area contributed by atoms with E-state index in [4.69, 9.17) is 9.47 Å². The molecule has 3 rings (SSSR count). The fraction of sp³-hybridized carbons (Fsp3) is 0.545. The molecule has 2 aliphatic rings. The Bertz CT molecular complexity index is 462. The zero-order valence-corrected chi connectivity index (χ0v) is 11.3. The fourth-order valence-corrected chi connectivity index (χ4v) is 4.09. The zero-order valence-electron chi connectivity index (χ0n) is 8.94. The second-order valence-electron chi connectivity index (χ2n) is 4.56. The third kappa shape index (κ3) is 1.38. The number of thiophene rings is 1. The van der Waals surface area contributed by atoms with Crippen molar-refractivity contribution in [2.75, 3.05) is 26.4 Å². The van der Waals surface area contributed by atoms with Gasteiger partial charge in [-0.2, -0.15) is 0 Å². The zero-order chi connectivity index (χ0) is 12.1. The molecule has 0 atom stereocenters. The largest absolute Gasteiger partial charge is 0.481 e. The quantitative estimate of drug-likeness (QED) is 0.924. The summed E-state index contributed by atoms with van der Waals surface area (Å²) < 4.78 is 11.5. The minimum Gasteiger partial charge on any atom is -0.481 e. The van der Waals surface area contributed by atoms with E-state index >= 15 is 0 Å². The molecular weight excluding hydrogens is 308 g/mol. The van der Waals surface area contributed by atoms with Crippen LogP contribution in [0.1, 0.15) is 4.88 Å². The van der Waals surface area contributed by atoms with E-state index in [9.17, 15) is 9.90 Å². The van der Waals surface area contributed by atoms with Crippen LogP contribution in [0.3, 0.4) is 0 Å². The molecule has 17 heavy (non-hydrogen) atoms. The van der Waals surface area contributed by atoms with Gasteiger partial charge in [-0.25, -0.2) is 0 Å². The molecule has 0 bridgehead atoms. The van der Waals surface area contributed by atoms with Gasteiger partial charge in [-0.1, -0.05) is 0 Å². The average molecular weight is 319 g/mol. The molecule has 0 aromatic carbocycles. The van der Waals surface area contributed by atoms with Crippen molar-refractivity contribution in [1.29, 1.82) is 0 Å². The van der Waals surface area contributed by atoms with Gasteiger partial charge in [-0.15, -0.1) is 11.3 Å². The molecule has 2 saturated heterocycles. The van der Waals surface area contributed by atoms with Gasteiger partial charge in [0.25, 0.3) is 0 Å². The number of halogens is 1. The number of carboxylic acids is 1. The van der Waals surface area contributed by atoms with Gasteiger partial charge in [-0.05, 0) is 28.1 Å². The van der Waals surface area contributed by atoms with E-state index in [0.717, 1.165) is 8.66 Å². The summed E-state index contributed by atoms with van der Waals surface area (Å²) in [6, 6.07) is 3.94. The van der Waals surface area contributed by atoms with Crippen molar-refractivity contribution in [2.24, 2.45) is 5.41 Å². The van der Waals surface area contributed by atoms with Gasteiger partial charge in [-0.3, -0.25) is 4.79 Å². The van der Waals surface area contributed by atoms with Crippen molar-refractivity contribution < 1.29 is 19.4 Å². The molecular formula is C11H11BrO4S. The standard InChI is InChI=1S/C11H11BrO4S/c12-8-2-1-7(17-8)10(3-15-4-10)11(9(13)14)5-16-6-11/h1-2H,3-6H2,(H,13,14). The van der Waals surface area contributed by atoms with Crippen LogP contribution in [0.2, 0.25) is 0 Å². The van der Waals surface area contributed by atoms with E-state index in [0.29, 0.717) is 13.2 Å². The highest BCUT2D eigenvalue weighted by molar-refractivity contribution is 9.11. The number of hydrogen-bond donors (Lipinski definition) is 1. The van der Waals surface area contributed by atoms with Gasteiger partial charge in [0.2, 0.25) is 0 Å². The van der Waals surface area contributed by atoms with Crippen LogP contribution in [-0.4, -0.2) is 37.5 Å². The van der Waals surface area contributed by atoms with E-state index in [-0.39, 0.29) is 13.2 Å². The summed E-state index contributed by atoms with van der Waals surface area (Å²) in [6.07, 6.45) is 0. The first kappa shape index (κ1) is 11.6. The number of ether oxygens (including phenoxy) is 2. The SMILES string of the molecule is O=C(O)C1(C2(c3ccc(Br)s3)COC2)COC1. The Morgan fingerprint density at radius 2 is 1.94 bits per heavy atom. The molecule has 92 valence electrons. The lowest BCUT2D eigenvalue weighted by atomic mass is 9.59. The number of hydrogen-bond acceptors (Lipinski definition) is 4. The first-order valence-corrected chi connectivity index (χ1v) is 6.86. The molecule has 1 aromatic heterocycles. The monoisotopic (exact) mass is 318 g/mol. The normalized spacial score (nSPS) is 24.8. The number of rotatable bonds is 3. The molecule has 0 amide bonds. The highest BCUT2D eigenvalue weighted by Crippen LogP contribution is 2.53. The summed E-state index contributed by atoms with van der Waals surface area (Å²) in [4.78, 5) is 12.7. The maximum absolute atomic E-state index is 11.6. The Hall–Kier alpha value is -0.430. The van der Waals surface area contributed by atoms with Gasteiger partial charge in [0, 0.05) is 4.88 Å². The summed E-state index contributed by atoms with van der Waals surface area (Å²) in [5, 5.41) is 9.51. The first-order valence-electron chi connectivity index (χ1n) is 5.25. The Labute approximate surface area is 111 Å². The van der Waals surface area contributed by atoms with Crippen molar-refractivity contribution in [3.63, 3.8) is 0 Å². The van der Waals surface area contributed by atoms with E-state index in [1.54, 1.807) is 11.3 Å². The lowest BCUT2D eigenvalue weighted by Crippen LogP contribution is -2.69. The van der Waals surface area contributed by atoms with Crippen LogP contribution < -0.4 is 0 Å². The van der Waals surface area contributed by atoms with Gasteiger partial charge < -0.3 is 14.6 Å². The Morgan fingerprint density at radius 1 is 1.29 bits per heavy atom. The number of carbonyl (C=O) groups is 1. The summed E-state index contributed by atoms with van der Waals surface area (Å²) in [5.74, 6) is -0.781. The second kappa shape index (κ2) is 3.78. The van der Waals surface area contributed by atoms with E-state index in [1.807, 2.05) is 12.1 Å². The summed E-state index contributed by atoms with van der Waals surface area (Å²) in [5.41, 5.74) is -1.22. The van der Waals surface area contributed by atoms with E-state index in [2.05, 4.69) is 15.9 Å². The molecule has 0 radical (unpaired) electrons. The second-order valence-corrected chi connectivity index (χ2v) is 7.02. The summed E-state index contributed by atoms with van der Waals surface area (Å²) >= 11 is 5.00. The predicted octanol–water partition coefficient (Wildman–Crippen LogP) is 1.88. The summed E-state index contributed by atoms with van der Waals surface area (Å²) in [7, 11) is 0. The number of carboxylic acid groups (broad SMARTS) is 1. The van der Waals surface area contributed by atoms with Gasteiger partial charge in [0.1, 0.15) is 5.41 Å². The van der Waals surface area contributed by atoms with Crippen LogP contribution in [0.4, 0.5) is 0 Å². The highest BCUT2D eigenvalue weighted by Gasteiger charge is 2.66. The minimum absolute atomic E-state index is 0.279. The van der Waals surface area contributed by atoms with Gasteiger partial charge >= 0.3 is 5.97 Å². The smallest absolute Gasteiger partial charge is 0.315 e. The maximum atomic E-state index is 11.6. The molecule has 0 unspecified atom stereocenters. The lowest BCUT2D eigenvalue weighted by Gasteiger charge is -2.56. The van der Waals surface area contributed by atoms with E-state index in [1.165, 1.54) is 0 Å². The Kier molecular flexibility index (Phi) is 2.59. The maximum Gasteiger partial charge on any atom is 0.315 e. The third-order valence-corrected chi connectivity index (χ3v) is 5.59. The van der Waals surface area contributed by atoms with Crippen LogP contribution in [0.5, 0.6) is 0 Å². The topological polar surface area (TPSA) is 55.8 Å². The van der Waals surface area contributed by atoms with Gasteiger partial charge in [0.15, 0.2) is 0 Å². The molecule has 2 fully saturated rings. The molecule has 4 nitrogen and oxygen atoms in total. The van der Waals surface area contributed by atoms with Crippen molar-refractivity contribution in [3.05, 3.63) is 20.8 Å². The molecule has 0 aliphatic carbocycles. The average Bonchev–Trinajstić information content (AvgIpc) is 2.54. The van der Waals surface area contributed by atoms with Crippen molar-refractivity contribution >= 4 is 33.2 Å². The molecule has 1 aromatic rings. The van der Waals surface area contributed by atoms with Crippen molar-refractivity contribution in [1.82, 2.24) is 0 Å². The van der Waals surface area contributed by atoms with Crippen molar-refractivity contribution in [3.8, 4) is 0 Å². The van der Waals surface area contributed by atoms with Gasteiger partial charge in [0.05, 0.1) is 35.6 Å². The fourth-order valence-electron chi connectivity index (χ4n) is 2.44. The Morgan fingerprint density at radius 3 is 2.24 bits per heavy atom. The molecule has 0 saturated carbocycles. The molecule has 1 N–H and O–H groups in total.